The van der Waals surface area contributed by atoms with Crippen LogP contribution in [-0.4, -0.2) is 60.7 Å². The number of hydrogen-bond donors (Lipinski definition) is 3. The summed E-state index contributed by atoms with van der Waals surface area (Å²) < 4.78 is 11.3. The lowest BCUT2D eigenvalue weighted by Gasteiger charge is -2.30. The molecule has 29 heavy (non-hydrogen) atoms. The number of ether oxygens (including phenoxy) is 2. The van der Waals surface area contributed by atoms with Gasteiger partial charge in [0.1, 0.15) is 12.7 Å². The number of aliphatic hydroxyl groups is 2. The van der Waals surface area contributed by atoms with E-state index >= 15 is 0 Å². The van der Waals surface area contributed by atoms with Crippen molar-refractivity contribution in [2.75, 3.05) is 33.4 Å². The van der Waals surface area contributed by atoms with E-state index in [9.17, 15) is 10.2 Å². The van der Waals surface area contributed by atoms with Gasteiger partial charge in [-0.3, -0.25) is 0 Å². The summed E-state index contributed by atoms with van der Waals surface area (Å²) in [5.74, 6) is 1.30. The Balaban J connectivity index is 1.45. The summed E-state index contributed by atoms with van der Waals surface area (Å²) in [6.45, 7) is 3.92. The summed E-state index contributed by atoms with van der Waals surface area (Å²) in [6, 6.07) is 16.2. The molecule has 0 saturated carbocycles. The fraction of sp³-hybridized carbons (Fsp3) is 0.478. The highest BCUT2D eigenvalue weighted by molar-refractivity contribution is 5.43. The number of nitrogens with one attached hydrogen (secondary N) is 1. The van der Waals surface area contributed by atoms with Crippen molar-refractivity contribution < 1.29 is 19.7 Å². The Bertz CT molecular complexity index is 733. The second-order valence-electron chi connectivity index (χ2n) is 7.57. The van der Waals surface area contributed by atoms with Crippen LogP contribution in [0, 0.1) is 0 Å². The first kappa shape index (κ1) is 21.6. The molecule has 6 heteroatoms. The summed E-state index contributed by atoms with van der Waals surface area (Å²) in [6.07, 6.45) is 0.745. The number of benzene rings is 2. The first-order valence-electron chi connectivity index (χ1n) is 10.3. The predicted molar refractivity (Wildman–Crippen MR) is 113 cm³/mol. The van der Waals surface area contributed by atoms with Crippen LogP contribution in [0.15, 0.2) is 48.5 Å². The van der Waals surface area contributed by atoms with Crippen molar-refractivity contribution in [3.05, 3.63) is 59.7 Å². The number of piperidine rings is 1. The molecule has 1 atom stereocenters. The molecule has 2 aromatic carbocycles. The minimum atomic E-state index is -0.581. The first-order valence-corrected chi connectivity index (χ1v) is 10.3. The van der Waals surface area contributed by atoms with Crippen LogP contribution in [0.5, 0.6) is 11.5 Å². The smallest absolute Gasteiger partial charge is 0.161 e. The van der Waals surface area contributed by atoms with E-state index in [-0.39, 0.29) is 12.7 Å². The van der Waals surface area contributed by atoms with E-state index in [1.54, 1.807) is 7.11 Å². The second kappa shape index (κ2) is 11.2. The van der Waals surface area contributed by atoms with Gasteiger partial charge < -0.3 is 29.9 Å². The molecular formula is C23H32N2O4. The second-order valence-corrected chi connectivity index (χ2v) is 7.57. The van der Waals surface area contributed by atoms with Gasteiger partial charge >= 0.3 is 0 Å². The van der Waals surface area contributed by atoms with Crippen molar-refractivity contribution in [3.8, 4) is 11.5 Å². The Morgan fingerprint density at radius 3 is 2.48 bits per heavy atom. The van der Waals surface area contributed by atoms with Gasteiger partial charge in [0.05, 0.1) is 13.2 Å². The van der Waals surface area contributed by atoms with Crippen LogP contribution in [-0.2, 0) is 13.1 Å². The van der Waals surface area contributed by atoms with Crippen LogP contribution < -0.4 is 14.8 Å². The third-order valence-corrected chi connectivity index (χ3v) is 5.19. The number of aliphatic hydroxyl groups excluding tert-OH is 2. The summed E-state index contributed by atoms with van der Waals surface area (Å²) in [4.78, 5) is 2.17. The minimum absolute atomic E-state index is 0.204. The summed E-state index contributed by atoms with van der Waals surface area (Å²) in [7, 11) is 1.62. The van der Waals surface area contributed by atoms with E-state index in [1.807, 2.05) is 36.4 Å². The minimum Gasteiger partial charge on any atom is -0.493 e. The maximum atomic E-state index is 10.3. The summed E-state index contributed by atoms with van der Waals surface area (Å²) in [5.41, 5.74) is 2.36. The fourth-order valence-electron chi connectivity index (χ4n) is 3.53. The van der Waals surface area contributed by atoms with Crippen molar-refractivity contribution in [1.29, 1.82) is 0 Å². The maximum Gasteiger partial charge on any atom is 0.161 e. The number of hydrogen-bond acceptors (Lipinski definition) is 6. The lowest BCUT2D eigenvalue weighted by molar-refractivity contribution is 0.0333. The number of β-amino-alcohol motifs (C(OH)–C–C–N with tert-alkyl or cyclic N) is 1. The monoisotopic (exact) mass is 400 g/mol. The molecule has 3 N–H and O–H groups in total. The maximum absolute atomic E-state index is 10.3. The van der Waals surface area contributed by atoms with Gasteiger partial charge in [-0.1, -0.05) is 36.4 Å². The first-order chi connectivity index (χ1) is 14.1. The van der Waals surface area contributed by atoms with E-state index in [1.165, 1.54) is 5.56 Å². The van der Waals surface area contributed by atoms with Crippen molar-refractivity contribution >= 4 is 0 Å². The molecule has 0 spiro atoms. The lowest BCUT2D eigenvalue weighted by atomic mass is 10.1. The van der Waals surface area contributed by atoms with Crippen molar-refractivity contribution in [1.82, 2.24) is 10.2 Å². The van der Waals surface area contributed by atoms with Crippen LogP contribution in [0.4, 0.5) is 0 Å². The van der Waals surface area contributed by atoms with Gasteiger partial charge in [-0.25, -0.2) is 0 Å². The van der Waals surface area contributed by atoms with Crippen LogP contribution >= 0.6 is 0 Å². The van der Waals surface area contributed by atoms with Gasteiger partial charge in [0.2, 0.25) is 0 Å². The molecule has 3 rings (SSSR count). The predicted octanol–water partition coefficient (Wildman–Crippen LogP) is 2.18. The normalized spacial score (nSPS) is 16.5. The molecule has 0 aromatic heterocycles. The Labute approximate surface area is 173 Å². The SMILES string of the molecule is COc1cc(CNCc2ccccc2)ccc1OCC(O)CN1CCC(O)CC1. The molecule has 0 aliphatic carbocycles. The molecule has 0 radical (unpaired) electrons. The fourth-order valence-corrected chi connectivity index (χ4v) is 3.53. The molecule has 1 unspecified atom stereocenters. The highest BCUT2D eigenvalue weighted by Crippen LogP contribution is 2.28. The molecule has 1 heterocycles. The molecule has 1 saturated heterocycles. The van der Waals surface area contributed by atoms with E-state index in [4.69, 9.17) is 9.47 Å². The van der Waals surface area contributed by atoms with Crippen molar-refractivity contribution in [2.24, 2.45) is 0 Å². The number of methoxy groups -OCH3 is 1. The van der Waals surface area contributed by atoms with Crippen LogP contribution in [0.1, 0.15) is 24.0 Å². The van der Waals surface area contributed by atoms with Gasteiger partial charge in [0.15, 0.2) is 11.5 Å². The number of likely N-dealkylation sites (tertiary alicyclic amines) is 1. The van der Waals surface area contributed by atoms with Crippen LogP contribution in [0.3, 0.4) is 0 Å². The zero-order chi connectivity index (χ0) is 20.5. The van der Waals surface area contributed by atoms with Gasteiger partial charge in [-0.05, 0) is 36.1 Å². The summed E-state index contributed by atoms with van der Waals surface area (Å²) >= 11 is 0. The van der Waals surface area contributed by atoms with E-state index in [2.05, 4.69) is 22.3 Å². The number of rotatable bonds is 10. The molecule has 158 valence electrons. The topological polar surface area (TPSA) is 74.2 Å². The third kappa shape index (κ3) is 7.01. The lowest BCUT2D eigenvalue weighted by Crippen LogP contribution is -2.41. The highest BCUT2D eigenvalue weighted by Gasteiger charge is 2.20. The molecule has 1 aliphatic heterocycles. The van der Waals surface area contributed by atoms with E-state index in [0.717, 1.165) is 44.6 Å². The van der Waals surface area contributed by atoms with E-state index in [0.29, 0.717) is 18.0 Å². The Hall–Kier alpha value is -2.12. The molecule has 6 nitrogen and oxygen atoms in total. The molecule has 1 aliphatic rings. The van der Waals surface area contributed by atoms with Crippen LogP contribution in [0.2, 0.25) is 0 Å². The number of nitrogens with zero attached hydrogens (tertiary/aromatic N) is 1. The summed E-state index contributed by atoms with van der Waals surface area (Å²) in [5, 5.41) is 23.3. The molecule has 1 fully saturated rings. The van der Waals surface area contributed by atoms with E-state index < -0.39 is 6.10 Å². The van der Waals surface area contributed by atoms with Gasteiger partial charge in [-0.15, -0.1) is 0 Å². The zero-order valence-corrected chi connectivity index (χ0v) is 17.1. The quantitative estimate of drug-likeness (QED) is 0.568. The largest absolute Gasteiger partial charge is 0.493 e. The average Bonchev–Trinajstić information content (AvgIpc) is 2.75. The van der Waals surface area contributed by atoms with Gasteiger partial charge in [-0.2, -0.15) is 0 Å². The highest BCUT2D eigenvalue weighted by atomic mass is 16.5. The van der Waals surface area contributed by atoms with Crippen LogP contribution in [0.25, 0.3) is 0 Å². The molecular weight excluding hydrogens is 368 g/mol. The standard InChI is InChI=1S/C23H32N2O4/c1-28-23-13-19(15-24-14-18-5-3-2-4-6-18)7-8-22(23)29-17-21(27)16-25-11-9-20(26)10-12-25/h2-8,13,20-21,24,26-27H,9-12,14-17H2,1H3. The molecule has 0 bridgehead atoms. The van der Waals surface area contributed by atoms with Gasteiger partial charge in [0, 0.05) is 32.7 Å². The third-order valence-electron chi connectivity index (χ3n) is 5.19. The Kier molecular flexibility index (Phi) is 8.31. The van der Waals surface area contributed by atoms with Gasteiger partial charge in [0.25, 0.3) is 0 Å². The van der Waals surface area contributed by atoms with Crippen molar-refractivity contribution in [3.63, 3.8) is 0 Å². The molecule has 0 amide bonds. The Morgan fingerprint density at radius 2 is 1.76 bits per heavy atom. The Morgan fingerprint density at radius 1 is 1.03 bits per heavy atom. The average molecular weight is 401 g/mol. The zero-order valence-electron chi connectivity index (χ0n) is 17.1. The molecule has 2 aromatic rings. The van der Waals surface area contributed by atoms with Crippen molar-refractivity contribution in [2.45, 2.75) is 38.1 Å².